The van der Waals surface area contributed by atoms with Crippen LogP contribution in [0.1, 0.15) is 222 Å². The molecule has 0 aliphatic heterocycles. The SMILES string of the molecule is C.CCCCCC(C[Si](C)(O)CCCS)(c1ccc(SC)cc1)c1cccc(C(CCCCC)(C[Si](C)(O)CCCS)c2ccc(SC)cc2)c1.CCCCCC(C[Si](C)(O)CCCS)(c1ccc(SCC)cc1)c1cccc(C(CCCCC)(C[Si](C)(O)CCCS)c2ccc(SCC)cc2)c1. The molecule has 0 bridgehead atoms. The molecular formula is C87H140O4S8Si4. The van der Waals surface area contributed by atoms with Gasteiger partial charge in [0.2, 0.25) is 0 Å². The van der Waals surface area contributed by atoms with E-state index in [1.807, 2.05) is 23.5 Å². The van der Waals surface area contributed by atoms with Gasteiger partial charge in [-0.05, 0) is 266 Å². The third-order valence-electron chi connectivity index (χ3n) is 21.7. The Morgan fingerprint density at radius 1 is 0.301 bits per heavy atom. The lowest BCUT2D eigenvalue weighted by Crippen LogP contribution is -2.43. The Labute approximate surface area is 674 Å². The van der Waals surface area contributed by atoms with Gasteiger partial charge in [0, 0.05) is 41.2 Å². The molecule has 0 saturated heterocycles. The van der Waals surface area contributed by atoms with Gasteiger partial charge >= 0.3 is 0 Å². The van der Waals surface area contributed by atoms with E-state index in [-0.39, 0.29) is 29.1 Å². The second kappa shape index (κ2) is 47.9. The van der Waals surface area contributed by atoms with Crippen molar-refractivity contribution in [3.63, 3.8) is 0 Å². The Morgan fingerprint density at radius 3 is 0.699 bits per heavy atom. The fourth-order valence-corrected chi connectivity index (χ4v) is 32.6. The normalized spacial score (nSPS) is 16.4. The Bertz CT molecular complexity index is 3060. The predicted molar refractivity (Wildman–Crippen MR) is 489 cm³/mol. The first kappa shape index (κ1) is 94.2. The summed E-state index contributed by atoms with van der Waals surface area (Å²) in [6.07, 6.45) is 25.9. The van der Waals surface area contributed by atoms with Gasteiger partial charge in [-0.25, -0.2) is 0 Å². The van der Waals surface area contributed by atoms with E-state index < -0.39 is 33.3 Å². The minimum atomic E-state index is -2.63. The van der Waals surface area contributed by atoms with Crippen molar-refractivity contribution in [1.82, 2.24) is 0 Å². The Morgan fingerprint density at radius 2 is 0.515 bits per heavy atom. The zero-order chi connectivity index (χ0) is 74.8. The highest BCUT2D eigenvalue weighted by atomic mass is 32.2. The number of thioether (sulfide) groups is 4. The molecule has 0 aliphatic rings. The van der Waals surface area contributed by atoms with Gasteiger partial charge in [0.05, 0.1) is 0 Å². The average molecular weight is 1620 g/mol. The van der Waals surface area contributed by atoms with Gasteiger partial charge in [-0.2, -0.15) is 50.5 Å². The lowest BCUT2D eigenvalue weighted by atomic mass is 9.68. The molecule has 0 radical (unpaired) electrons. The maximum atomic E-state index is 12.3. The summed E-state index contributed by atoms with van der Waals surface area (Å²) in [6, 6.07) is 62.8. The molecule has 0 aliphatic carbocycles. The van der Waals surface area contributed by atoms with Crippen LogP contribution in [0.4, 0.5) is 0 Å². The molecule has 6 rings (SSSR count). The third kappa shape index (κ3) is 28.8. The summed E-state index contributed by atoms with van der Waals surface area (Å²) in [6.45, 7) is 22.3. The van der Waals surface area contributed by atoms with Gasteiger partial charge in [-0.3, -0.25) is 0 Å². The average Bonchev–Trinajstić information content (AvgIpc) is 0.747. The van der Waals surface area contributed by atoms with Gasteiger partial charge in [-0.15, -0.1) is 47.0 Å². The van der Waals surface area contributed by atoms with E-state index in [1.165, 1.54) is 89.8 Å². The standard InChI is InChI=1S/C44H70O2S4Si2.C42H66O2S4Si2.CH4/c1-7-11-13-28-43(35-51(5,45)32-16-30-47,37-20-24-41(25-21-37)49-9-3)39-18-15-19-40(34-39)44(29-14-12-8-2,36-52(6,46)33-17-31-48)38-22-26-42(27-23-38)50-10-4;1-7-9-11-26-41(33-49(5,43)30-14-28-45,35-18-22-39(47-3)23-19-35)37-16-13-17-38(32-37)42(27-12-10-8-2,34-50(6,44)31-15-29-46)36-20-24-40(48-4)25-21-36;/h15,18-27,34,45-48H,7-14,16-17,28-33,35-36H2,1-6H3;13,16-25,32,43-46H,7-12,14-15,26-31,33-34H2,1-6H3;1H4. The highest BCUT2D eigenvalue weighted by Gasteiger charge is 2.48. The number of hydrogen-bond donors (Lipinski definition) is 8. The number of hydrogen-bond acceptors (Lipinski definition) is 12. The number of thiol groups is 4. The molecule has 4 N–H and O–H groups in total. The molecule has 576 valence electrons. The molecule has 6 aromatic carbocycles. The van der Waals surface area contributed by atoms with Crippen LogP contribution in [0.15, 0.2) is 165 Å². The van der Waals surface area contributed by atoms with Gasteiger partial charge in [0.15, 0.2) is 33.3 Å². The van der Waals surface area contributed by atoms with Crippen LogP contribution >= 0.6 is 97.6 Å². The summed E-state index contributed by atoms with van der Waals surface area (Å²) in [5.74, 6) is 5.31. The van der Waals surface area contributed by atoms with E-state index >= 15 is 0 Å². The third-order valence-corrected chi connectivity index (χ3v) is 37.4. The van der Waals surface area contributed by atoms with E-state index in [0.29, 0.717) is 0 Å². The molecule has 0 saturated carbocycles. The van der Waals surface area contributed by atoms with Crippen LogP contribution in [0.5, 0.6) is 0 Å². The zero-order valence-corrected chi connectivity index (χ0v) is 76.0. The van der Waals surface area contributed by atoms with E-state index in [9.17, 15) is 19.2 Å². The van der Waals surface area contributed by atoms with Crippen molar-refractivity contribution in [3.8, 4) is 0 Å². The van der Waals surface area contributed by atoms with Gasteiger partial charge in [0.25, 0.3) is 0 Å². The minimum absolute atomic E-state index is 0. The van der Waals surface area contributed by atoms with Crippen molar-refractivity contribution in [3.05, 3.63) is 190 Å². The van der Waals surface area contributed by atoms with Crippen molar-refractivity contribution in [1.29, 1.82) is 0 Å². The van der Waals surface area contributed by atoms with Crippen LogP contribution in [0.3, 0.4) is 0 Å². The monoisotopic (exact) mass is 1620 g/mol. The van der Waals surface area contributed by atoms with E-state index in [4.69, 9.17) is 0 Å². The van der Waals surface area contributed by atoms with Crippen molar-refractivity contribution in [2.75, 3.05) is 47.0 Å². The quantitative estimate of drug-likeness (QED) is 0.00831. The van der Waals surface area contributed by atoms with Gasteiger partial charge in [-0.1, -0.05) is 223 Å². The first-order valence-corrected chi connectivity index (χ1v) is 57.6. The zero-order valence-electron chi connectivity index (χ0n) is 65.1. The summed E-state index contributed by atoms with van der Waals surface area (Å²) in [7, 11) is -10.5. The van der Waals surface area contributed by atoms with E-state index in [1.54, 1.807) is 23.5 Å². The topological polar surface area (TPSA) is 80.9 Å². The van der Waals surface area contributed by atoms with Crippen LogP contribution < -0.4 is 0 Å². The predicted octanol–water partition coefficient (Wildman–Crippen LogP) is 26.7. The highest BCUT2D eigenvalue weighted by molar-refractivity contribution is 7.99. The van der Waals surface area contributed by atoms with Crippen molar-refractivity contribution >= 4 is 131 Å². The molecule has 0 amide bonds. The molecule has 16 heteroatoms. The van der Waals surface area contributed by atoms with Gasteiger partial charge in [0.1, 0.15) is 0 Å². The Hall–Kier alpha value is -1.17. The molecule has 0 fully saturated rings. The molecule has 6 aromatic rings. The second-order valence-corrected chi connectivity index (χ2v) is 52.3. The highest BCUT2D eigenvalue weighted by Crippen LogP contribution is 2.53. The molecule has 4 nitrogen and oxygen atoms in total. The van der Waals surface area contributed by atoms with Crippen LogP contribution in [0, 0.1) is 0 Å². The fourth-order valence-electron chi connectivity index (χ4n) is 16.6. The summed E-state index contributed by atoms with van der Waals surface area (Å²) in [5.41, 5.74) is 9.34. The number of unbranched alkanes of at least 4 members (excludes halogenated alkanes) is 8. The minimum Gasteiger partial charge on any atom is -0.432 e. The summed E-state index contributed by atoms with van der Waals surface area (Å²) in [4.78, 5) is 54.3. The largest absolute Gasteiger partial charge is 0.432 e. The van der Waals surface area contributed by atoms with Crippen LogP contribution in [-0.4, -0.2) is 99.5 Å². The van der Waals surface area contributed by atoms with E-state index in [2.05, 4.69) is 276 Å². The molecule has 0 spiro atoms. The Kier molecular flexibility index (Phi) is 43.8. The fraction of sp³-hybridized carbons (Fsp3) is 0.586. The van der Waals surface area contributed by atoms with Crippen LogP contribution in [-0.2, 0) is 21.7 Å². The van der Waals surface area contributed by atoms with Gasteiger partial charge < -0.3 is 19.2 Å². The molecular weight excluding hydrogens is 1480 g/mol. The second-order valence-electron chi connectivity index (χ2n) is 30.7. The molecule has 8 atom stereocenters. The maximum absolute atomic E-state index is 12.3. The summed E-state index contributed by atoms with van der Waals surface area (Å²) in [5, 5.41) is 0. The molecule has 8 unspecified atom stereocenters. The van der Waals surface area contributed by atoms with Crippen LogP contribution in [0.2, 0.25) is 74.5 Å². The van der Waals surface area contributed by atoms with E-state index in [0.717, 1.165) is 186 Å². The van der Waals surface area contributed by atoms with Crippen molar-refractivity contribution in [2.24, 2.45) is 0 Å². The lowest BCUT2D eigenvalue weighted by molar-refractivity contribution is 0.430. The first-order chi connectivity index (χ1) is 48.9. The summed E-state index contributed by atoms with van der Waals surface area (Å²) < 4.78 is 0. The molecule has 0 heterocycles. The Balaban J connectivity index is 0.000000432. The number of rotatable bonds is 50. The molecule has 0 aromatic heterocycles. The summed E-state index contributed by atoms with van der Waals surface area (Å²) >= 11 is 25.5. The maximum Gasteiger partial charge on any atom is 0.186 e. The van der Waals surface area contributed by atoms with Crippen molar-refractivity contribution in [2.45, 2.75) is 293 Å². The van der Waals surface area contributed by atoms with Crippen LogP contribution in [0.25, 0.3) is 0 Å². The smallest absolute Gasteiger partial charge is 0.186 e. The van der Waals surface area contributed by atoms with Crippen molar-refractivity contribution < 1.29 is 19.2 Å². The number of benzene rings is 6. The lowest BCUT2D eigenvalue weighted by Gasteiger charge is -2.43. The first-order valence-electron chi connectivity index (χ1n) is 39.2. The molecule has 103 heavy (non-hydrogen) atoms.